The lowest BCUT2D eigenvalue weighted by molar-refractivity contribution is 0.0256. The van der Waals surface area contributed by atoms with Crippen molar-refractivity contribution in [2.75, 3.05) is 13.1 Å². The van der Waals surface area contributed by atoms with Gasteiger partial charge in [-0.1, -0.05) is 13.3 Å². The van der Waals surface area contributed by atoms with Crippen LogP contribution in [0.25, 0.3) is 0 Å². The maximum Gasteiger partial charge on any atom is 0.410 e. The molecule has 0 aromatic rings. The molecule has 2 rings (SSSR count). The third kappa shape index (κ3) is 5.45. The fourth-order valence-electron chi connectivity index (χ4n) is 3.70. The summed E-state index contributed by atoms with van der Waals surface area (Å²) < 4.78 is 5.50. The number of likely N-dealkylation sites (tertiary alicyclic amines) is 1. The number of nitrogens with zero attached hydrogens (tertiary/aromatic N) is 1. The third-order valence-electron chi connectivity index (χ3n) is 4.97. The van der Waals surface area contributed by atoms with Gasteiger partial charge in [0, 0.05) is 25.2 Å². The van der Waals surface area contributed by atoms with E-state index in [2.05, 4.69) is 12.2 Å². The molecule has 4 heteroatoms. The molecular weight excluding hydrogens is 276 g/mol. The summed E-state index contributed by atoms with van der Waals surface area (Å²) in [6.45, 7) is 9.73. The van der Waals surface area contributed by atoms with E-state index in [1.165, 1.54) is 32.1 Å². The Bertz CT molecular complexity index is 365. The molecule has 3 atom stereocenters. The van der Waals surface area contributed by atoms with Crippen molar-refractivity contribution >= 4 is 6.09 Å². The molecule has 1 amide bonds. The Morgan fingerprint density at radius 1 is 1.14 bits per heavy atom. The average molecular weight is 310 g/mol. The Labute approximate surface area is 136 Å². The highest BCUT2D eigenvalue weighted by Crippen LogP contribution is 2.29. The zero-order chi connectivity index (χ0) is 16.2. The Kier molecular flexibility index (Phi) is 6.13. The Hall–Kier alpha value is -0.770. The first-order chi connectivity index (χ1) is 10.4. The van der Waals surface area contributed by atoms with Crippen LogP contribution < -0.4 is 5.32 Å². The minimum absolute atomic E-state index is 0.153. The molecule has 1 aliphatic carbocycles. The lowest BCUT2D eigenvalue weighted by Gasteiger charge is -2.26. The molecule has 2 aliphatic rings. The SMILES string of the molecule is CCC1CCC(NC2CCCN(C(=O)OC(C)(C)C)CC2)C1. The van der Waals surface area contributed by atoms with Crippen LogP contribution in [0.5, 0.6) is 0 Å². The molecule has 128 valence electrons. The van der Waals surface area contributed by atoms with Crippen molar-refractivity contribution in [3.05, 3.63) is 0 Å². The fraction of sp³-hybridized carbons (Fsp3) is 0.944. The van der Waals surface area contributed by atoms with E-state index in [9.17, 15) is 4.79 Å². The first-order valence-corrected chi connectivity index (χ1v) is 9.11. The Balaban J connectivity index is 1.76. The number of hydrogen-bond donors (Lipinski definition) is 1. The van der Waals surface area contributed by atoms with Crippen LogP contribution in [0, 0.1) is 5.92 Å². The van der Waals surface area contributed by atoms with Crippen molar-refractivity contribution < 1.29 is 9.53 Å². The van der Waals surface area contributed by atoms with Gasteiger partial charge in [-0.05, 0) is 65.2 Å². The van der Waals surface area contributed by atoms with Crippen LogP contribution in [0.2, 0.25) is 0 Å². The summed E-state index contributed by atoms with van der Waals surface area (Å²) in [5.74, 6) is 0.918. The highest BCUT2D eigenvalue weighted by molar-refractivity contribution is 5.68. The minimum Gasteiger partial charge on any atom is -0.444 e. The molecular formula is C18H34N2O2. The summed E-state index contributed by atoms with van der Waals surface area (Å²) in [5, 5.41) is 3.85. The predicted molar refractivity (Wildman–Crippen MR) is 90.0 cm³/mol. The lowest BCUT2D eigenvalue weighted by Crippen LogP contribution is -2.39. The quantitative estimate of drug-likeness (QED) is 0.858. The van der Waals surface area contributed by atoms with Gasteiger partial charge in [-0.25, -0.2) is 4.79 Å². The summed E-state index contributed by atoms with van der Waals surface area (Å²) in [5.41, 5.74) is -0.403. The van der Waals surface area contributed by atoms with E-state index in [1.54, 1.807) is 0 Å². The van der Waals surface area contributed by atoms with E-state index >= 15 is 0 Å². The second-order valence-electron chi connectivity index (χ2n) is 8.05. The van der Waals surface area contributed by atoms with Gasteiger partial charge in [-0.3, -0.25) is 0 Å². The first kappa shape index (κ1) is 17.6. The zero-order valence-corrected chi connectivity index (χ0v) is 14.9. The van der Waals surface area contributed by atoms with E-state index in [4.69, 9.17) is 4.74 Å². The van der Waals surface area contributed by atoms with Crippen LogP contribution in [0.4, 0.5) is 4.79 Å². The number of ether oxygens (including phenoxy) is 1. The Morgan fingerprint density at radius 2 is 1.91 bits per heavy atom. The molecule has 0 spiro atoms. The molecule has 3 unspecified atom stereocenters. The minimum atomic E-state index is -0.403. The van der Waals surface area contributed by atoms with Crippen molar-refractivity contribution in [1.29, 1.82) is 0 Å². The van der Waals surface area contributed by atoms with E-state index in [0.717, 1.165) is 31.8 Å². The number of amides is 1. The largest absolute Gasteiger partial charge is 0.444 e. The monoisotopic (exact) mass is 310 g/mol. The van der Waals surface area contributed by atoms with Gasteiger partial charge in [0.25, 0.3) is 0 Å². The van der Waals surface area contributed by atoms with Gasteiger partial charge in [0.2, 0.25) is 0 Å². The van der Waals surface area contributed by atoms with Gasteiger partial charge >= 0.3 is 6.09 Å². The first-order valence-electron chi connectivity index (χ1n) is 9.11. The maximum atomic E-state index is 12.2. The molecule has 1 saturated heterocycles. The van der Waals surface area contributed by atoms with Crippen molar-refractivity contribution in [2.24, 2.45) is 5.92 Å². The van der Waals surface area contributed by atoms with Crippen LogP contribution in [0.3, 0.4) is 0 Å². The molecule has 1 N–H and O–H groups in total. The van der Waals surface area contributed by atoms with Gasteiger partial charge < -0.3 is 15.0 Å². The van der Waals surface area contributed by atoms with Crippen molar-refractivity contribution in [3.63, 3.8) is 0 Å². The predicted octanol–water partition coefficient (Wildman–Crippen LogP) is 3.94. The Morgan fingerprint density at radius 3 is 2.55 bits per heavy atom. The van der Waals surface area contributed by atoms with Gasteiger partial charge in [0.1, 0.15) is 5.60 Å². The van der Waals surface area contributed by atoms with Gasteiger partial charge in [-0.15, -0.1) is 0 Å². The third-order valence-corrected chi connectivity index (χ3v) is 4.97. The van der Waals surface area contributed by atoms with Crippen molar-refractivity contribution in [3.8, 4) is 0 Å². The maximum absolute atomic E-state index is 12.2. The molecule has 1 saturated carbocycles. The smallest absolute Gasteiger partial charge is 0.410 e. The number of carbonyl (C=O) groups excluding carboxylic acids is 1. The highest BCUT2D eigenvalue weighted by atomic mass is 16.6. The van der Waals surface area contributed by atoms with Crippen LogP contribution in [-0.2, 0) is 4.74 Å². The summed E-state index contributed by atoms with van der Waals surface area (Å²) in [6.07, 6.45) is 8.49. The standard InChI is InChI=1S/C18H34N2O2/c1-5-14-8-9-16(13-14)19-15-7-6-11-20(12-10-15)17(21)22-18(2,3)4/h14-16,19H,5-13H2,1-4H3. The number of hydrogen-bond acceptors (Lipinski definition) is 3. The van der Waals surface area contributed by atoms with Crippen molar-refractivity contribution in [1.82, 2.24) is 10.2 Å². The normalized spacial score (nSPS) is 30.2. The van der Waals surface area contributed by atoms with Crippen LogP contribution in [-0.4, -0.2) is 41.8 Å². The summed E-state index contributed by atoms with van der Waals surface area (Å²) >= 11 is 0. The molecule has 0 aromatic heterocycles. The molecule has 0 bridgehead atoms. The van der Waals surface area contributed by atoms with Crippen LogP contribution in [0.1, 0.15) is 72.6 Å². The molecule has 0 radical (unpaired) electrons. The highest BCUT2D eigenvalue weighted by Gasteiger charge is 2.28. The van der Waals surface area contributed by atoms with E-state index < -0.39 is 5.60 Å². The molecule has 4 nitrogen and oxygen atoms in total. The van der Waals surface area contributed by atoms with E-state index in [-0.39, 0.29) is 6.09 Å². The molecule has 22 heavy (non-hydrogen) atoms. The van der Waals surface area contributed by atoms with Gasteiger partial charge in [-0.2, -0.15) is 0 Å². The molecule has 1 heterocycles. The van der Waals surface area contributed by atoms with Crippen molar-refractivity contribution in [2.45, 2.75) is 90.3 Å². The number of rotatable bonds is 3. The zero-order valence-electron chi connectivity index (χ0n) is 14.9. The topological polar surface area (TPSA) is 41.6 Å². The summed E-state index contributed by atoms with van der Waals surface area (Å²) in [7, 11) is 0. The fourth-order valence-corrected chi connectivity index (χ4v) is 3.70. The van der Waals surface area contributed by atoms with Gasteiger partial charge in [0.05, 0.1) is 0 Å². The van der Waals surface area contributed by atoms with Crippen LogP contribution >= 0.6 is 0 Å². The van der Waals surface area contributed by atoms with E-state index in [1.807, 2.05) is 25.7 Å². The molecule has 1 aliphatic heterocycles. The number of nitrogens with one attached hydrogen (secondary N) is 1. The lowest BCUT2D eigenvalue weighted by atomic mass is 10.0. The summed E-state index contributed by atoms with van der Waals surface area (Å²) in [6, 6.07) is 1.26. The average Bonchev–Trinajstić information content (AvgIpc) is 2.74. The molecule has 0 aromatic carbocycles. The van der Waals surface area contributed by atoms with Crippen LogP contribution in [0.15, 0.2) is 0 Å². The van der Waals surface area contributed by atoms with E-state index in [0.29, 0.717) is 12.1 Å². The van der Waals surface area contributed by atoms with Gasteiger partial charge in [0.15, 0.2) is 0 Å². The molecule has 2 fully saturated rings. The second-order valence-corrected chi connectivity index (χ2v) is 8.05. The summed E-state index contributed by atoms with van der Waals surface area (Å²) in [4.78, 5) is 14.1. The second kappa shape index (κ2) is 7.67. The number of carbonyl (C=O) groups is 1.